The van der Waals surface area contributed by atoms with Crippen LogP contribution in [0.5, 0.6) is 11.5 Å². The fraction of sp³-hybridized carbons (Fsp3) is 0.200. The van der Waals surface area contributed by atoms with Crippen LogP contribution in [0, 0.1) is 5.82 Å². The highest BCUT2D eigenvalue weighted by Crippen LogP contribution is 2.31. The summed E-state index contributed by atoms with van der Waals surface area (Å²) in [7, 11) is 1.84. The Labute approximate surface area is 155 Å². The third-order valence-corrected chi connectivity index (χ3v) is 4.40. The Bertz CT molecular complexity index is 969. The van der Waals surface area contributed by atoms with E-state index in [1.54, 1.807) is 42.7 Å². The molecule has 0 fully saturated rings. The van der Waals surface area contributed by atoms with Gasteiger partial charge in [0, 0.05) is 25.0 Å². The maximum atomic E-state index is 13.3. The van der Waals surface area contributed by atoms with Crippen molar-refractivity contribution >= 4 is 5.91 Å². The van der Waals surface area contributed by atoms with Crippen LogP contribution in [0.25, 0.3) is 0 Å². The van der Waals surface area contributed by atoms with Gasteiger partial charge in [-0.15, -0.1) is 0 Å². The molecule has 1 aromatic heterocycles. The smallest absolute Gasteiger partial charge is 0.252 e. The molecule has 0 saturated heterocycles. The van der Waals surface area contributed by atoms with Crippen molar-refractivity contribution in [2.24, 2.45) is 7.05 Å². The number of ether oxygens (including phenoxy) is 2. The van der Waals surface area contributed by atoms with Crippen LogP contribution in [0.1, 0.15) is 27.8 Å². The van der Waals surface area contributed by atoms with E-state index in [2.05, 4.69) is 10.3 Å². The lowest BCUT2D eigenvalue weighted by molar-refractivity contribution is 0.0940. The molecule has 1 N–H and O–H groups in total. The lowest BCUT2D eigenvalue weighted by atomic mass is 10.0. The van der Waals surface area contributed by atoms with Gasteiger partial charge >= 0.3 is 0 Å². The molecular weight excluding hydrogens is 349 g/mol. The number of halogens is 1. The first-order chi connectivity index (χ1) is 13.1. The molecule has 27 heavy (non-hydrogen) atoms. The zero-order chi connectivity index (χ0) is 18.8. The molecule has 4 rings (SSSR count). The summed E-state index contributed by atoms with van der Waals surface area (Å²) < 4.78 is 26.2. The van der Waals surface area contributed by atoms with Crippen molar-refractivity contribution in [3.63, 3.8) is 0 Å². The van der Waals surface area contributed by atoms with E-state index in [1.807, 2.05) is 11.6 Å². The summed E-state index contributed by atoms with van der Waals surface area (Å²) in [6.07, 6.45) is 3.45. The number of nitrogens with zero attached hydrogens (tertiary/aromatic N) is 2. The average Bonchev–Trinajstić information content (AvgIpc) is 3.12. The van der Waals surface area contributed by atoms with Crippen molar-refractivity contribution in [3.05, 3.63) is 77.6 Å². The number of carbonyl (C=O) groups is 1. The summed E-state index contributed by atoms with van der Waals surface area (Å²) >= 11 is 0. The number of benzene rings is 2. The van der Waals surface area contributed by atoms with E-state index in [1.165, 1.54) is 12.1 Å². The maximum Gasteiger partial charge on any atom is 0.252 e. The Balaban J connectivity index is 1.64. The van der Waals surface area contributed by atoms with Crippen molar-refractivity contribution in [3.8, 4) is 11.5 Å². The molecule has 0 radical (unpaired) electrons. The highest BCUT2D eigenvalue weighted by atomic mass is 19.1. The number of fused-ring (bicyclic) bond motifs is 1. The van der Waals surface area contributed by atoms with E-state index in [0.717, 1.165) is 5.56 Å². The van der Waals surface area contributed by atoms with E-state index >= 15 is 0 Å². The largest absolute Gasteiger partial charge is 0.486 e. The van der Waals surface area contributed by atoms with Crippen LogP contribution < -0.4 is 14.8 Å². The zero-order valence-corrected chi connectivity index (χ0v) is 14.7. The van der Waals surface area contributed by atoms with Gasteiger partial charge in [-0.25, -0.2) is 9.37 Å². The fourth-order valence-corrected chi connectivity index (χ4v) is 3.01. The van der Waals surface area contributed by atoms with Crippen molar-refractivity contribution in [2.75, 3.05) is 13.2 Å². The zero-order valence-electron chi connectivity index (χ0n) is 14.7. The normalized spacial score (nSPS) is 13.9. The molecule has 1 aliphatic rings. The van der Waals surface area contributed by atoms with Crippen LogP contribution >= 0.6 is 0 Å². The van der Waals surface area contributed by atoms with Gasteiger partial charge in [0.2, 0.25) is 0 Å². The number of hydrogen-bond acceptors (Lipinski definition) is 4. The number of carbonyl (C=O) groups excluding carboxylic acids is 1. The molecule has 1 amide bonds. The predicted octanol–water partition coefficient (Wildman–Crippen LogP) is 2.85. The lowest BCUT2D eigenvalue weighted by Gasteiger charge is -2.21. The molecule has 0 spiro atoms. The lowest BCUT2D eigenvalue weighted by Crippen LogP contribution is -2.31. The third-order valence-electron chi connectivity index (χ3n) is 4.40. The number of imidazole rings is 1. The Morgan fingerprint density at radius 1 is 1.15 bits per heavy atom. The Morgan fingerprint density at radius 2 is 1.89 bits per heavy atom. The van der Waals surface area contributed by atoms with Gasteiger partial charge < -0.3 is 19.4 Å². The van der Waals surface area contributed by atoms with Crippen LogP contribution in [0.4, 0.5) is 4.39 Å². The van der Waals surface area contributed by atoms with Gasteiger partial charge in [0.05, 0.1) is 0 Å². The van der Waals surface area contributed by atoms with Crippen LogP contribution in [0.3, 0.4) is 0 Å². The SMILES string of the molecule is Cn1ccnc1C(NC(=O)c1ccc2c(c1)OCCO2)c1ccc(F)cc1. The Hall–Kier alpha value is -3.35. The van der Waals surface area contributed by atoms with Gasteiger partial charge in [-0.3, -0.25) is 4.79 Å². The monoisotopic (exact) mass is 367 g/mol. The topological polar surface area (TPSA) is 65.4 Å². The first-order valence-corrected chi connectivity index (χ1v) is 8.55. The van der Waals surface area contributed by atoms with E-state index in [9.17, 15) is 9.18 Å². The van der Waals surface area contributed by atoms with Crippen LogP contribution in [-0.4, -0.2) is 28.7 Å². The molecule has 6 nitrogen and oxygen atoms in total. The van der Waals surface area contributed by atoms with Gasteiger partial charge in [-0.05, 0) is 35.9 Å². The fourth-order valence-electron chi connectivity index (χ4n) is 3.01. The first-order valence-electron chi connectivity index (χ1n) is 8.55. The molecule has 0 aliphatic carbocycles. The molecule has 1 atom stereocenters. The molecule has 2 heterocycles. The molecule has 1 aliphatic heterocycles. The van der Waals surface area contributed by atoms with Crippen molar-refractivity contribution < 1.29 is 18.7 Å². The van der Waals surface area contributed by atoms with Gasteiger partial charge in [0.1, 0.15) is 30.9 Å². The molecule has 138 valence electrons. The summed E-state index contributed by atoms with van der Waals surface area (Å²) in [4.78, 5) is 17.2. The minimum atomic E-state index is -0.522. The molecule has 7 heteroatoms. The maximum absolute atomic E-state index is 13.3. The molecule has 0 saturated carbocycles. The average molecular weight is 367 g/mol. The standard InChI is InChI=1S/C20H18FN3O3/c1-24-9-8-22-19(24)18(13-2-5-15(21)6-3-13)23-20(25)14-4-7-16-17(12-14)27-11-10-26-16/h2-9,12,18H,10-11H2,1H3,(H,23,25). The summed E-state index contributed by atoms with van der Waals surface area (Å²) in [5, 5.41) is 2.98. The highest BCUT2D eigenvalue weighted by Gasteiger charge is 2.23. The van der Waals surface area contributed by atoms with Gasteiger partial charge in [-0.1, -0.05) is 12.1 Å². The number of hydrogen-bond donors (Lipinski definition) is 1. The second-order valence-electron chi connectivity index (χ2n) is 6.21. The molecule has 3 aromatic rings. The summed E-state index contributed by atoms with van der Waals surface area (Å²) in [5.74, 6) is 1.19. The number of nitrogens with one attached hydrogen (secondary N) is 1. The van der Waals surface area contributed by atoms with Gasteiger partial charge in [0.15, 0.2) is 11.5 Å². The van der Waals surface area contributed by atoms with Crippen LogP contribution in [-0.2, 0) is 7.05 Å². The van der Waals surface area contributed by atoms with E-state index in [-0.39, 0.29) is 11.7 Å². The minimum Gasteiger partial charge on any atom is -0.486 e. The van der Waals surface area contributed by atoms with E-state index in [4.69, 9.17) is 9.47 Å². The second-order valence-corrected chi connectivity index (χ2v) is 6.21. The predicted molar refractivity (Wildman–Crippen MR) is 96.3 cm³/mol. The van der Waals surface area contributed by atoms with Crippen molar-refractivity contribution in [1.29, 1.82) is 0 Å². The third kappa shape index (κ3) is 3.48. The molecule has 0 bridgehead atoms. The molecular formula is C20H18FN3O3. The minimum absolute atomic E-state index is 0.288. The highest BCUT2D eigenvalue weighted by molar-refractivity contribution is 5.95. The van der Waals surface area contributed by atoms with E-state index in [0.29, 0.717) is 36.1 Å². The molecule has 1 unspecified atom stereocenters. The van der Waals surface area contributed by atoms with Crippen LogP contribution in [0.15, 0.2) is 54.9 Å². The van der Waals surface area contributed by atoms with Crippen molar-refractivity contribution in [2.45, 2.75) is 6.04 Å². The van der Waals surface area contributed by atoms with Gasteiger partial charge in [0.25, 0.3) is 5.91 Å². The second kappa shape index (κ2) is 7.11. The van der Waals surface area contributed by atoms with Crippen molar-refractivity contribution in [1.82, 2.24) is 14.9 Å². The Kier molecular flexibility index (Phi) is 4.50. The number of rotatable bonds is 4. The Morgan fingerprint density at radius 3 is 2.59 bits per heavy atom. The number of aromatic nitrogens is 2. The summed E-state index contributed by atoms with van der Waals surface area (Å²) in [6, 6.07) is 10.5. The molecule has 2 aromatic carbocycles. The summed E-state index contributed by atoms with van der Waals surface area (Å²) in [5.41, 5.74) is 1.18. The van der Waals surface area contributed by atoms with E-state index < -0.39 is 6.04 Å². The number of aryl methyl sites for hydroxylation is 1. The van der Waals surface area contributed by atoms with Crippen LogP contribution in [0.2, 0.25) is 0 Å². The quantitative estimate of drug-likeness (QED) is 0.770. The number of amides is 1. The van der Waals surface area contributed by atoms with Gasteiger partial charge in [-0.2, -0.15) is 0 Å². The summed E-state index contributed by atoms with van der Waals surface area (Å²) in [6.45, 7) is 0.938. The first kappa shape index (κ1) is 17.1.